The van der Waals surface area contributed by atoms with E-state index in [1.807, 2.05) is 20.8 Å². The van der Waals surface area contributed by atoms with E-state index in [1.165, 1.54) is 34.2 Å². The summed E-state index contributed by atoms with van der Waals surface area (Å²) in [7, 11) is -3.70. The lowest BCUT2D eigenvalue weighted by Gasteiger charge is -2.09. The highest BCUT2D eigenvalue weighted by Gasteiger charge is 2.14. The zero-order chi connectivity index (χ0) is 21.0. The van der Waals surface area contributed by atoms with Crippen LogP contribution in [0.25, 0.3) is 10.6 Å². The van der Waals surface area contributed by atoms with Crippen LogP contribution in [0.3, 0.4) is 0 Å². The van der Waals surface area contributed by atoms with Crippen molar-refractivity contribution in [2.45, 2.75) is 32.2 Å². The third-order valence-corrected chi connectivity index (χ3v) is 6.64. The molecule has 0 spiro atoms. The number of nitrogens with zero attached hydrogens (tertiary/aromatic N) is 3. The summed E-state index contributed by atoms with van der Waals surface area (Å²) in [5.74, 6) is 0.604. The van der Waals surface area contributed by atoms with Crippen LogP contribution >= 0.6 is 11.3 Å². The smallest absolute Gasteiger partial charge is 0.266 e. The van der Waals surface area contributed by atoms with Gasteiger partial charge in [0.2, 0.25) is 10.0 Å². The fraction of sp³-hybridized carbons (Fsp3) is 0.316. The SMILES string of the molecule is CCOc1ccc(S(=O)(=O)NCCn2nc(-c3sc(C)nc3C)ccc2=O)cc1. The van der Waals surface area contributed by atoms with E-state index in [2.05, 4.69) is 14.8 Å². The highest BCUT2D eigenvalue weighted by molar-refractivity contribution is 7.89. The summed E-state index contributed by atoms with van der Waals surface area (Å²) >= 11 is 1.50. The van der Waals surface area contributed by atoms with Gasteiger partial charge in [-0.3, -0.25) is 4.79 Å². The van der Waals surface area contributed by atoms with Gasteiger partial charge in [-0.05, 0) is 51.1 Å². The topological polar surface area (TPSA) is 103 Å². The van der Waals surface area contributed by atoms with E-state index in [4.69, 9.17) is 4.74 Å². The van der Waals surface area contributed by atoms with Crippen molar-refractivity contribution in [1.82, 2.24) is 19.5 Å². The molecule has 2 aromatic heterocycles. The Kier molecular flexibility index (Phi) is 6.46. The maximum atomic E-state index is 12.4. The summed E-state index contributed by atoms with van der Waals surface area (Å²) in [4.78, 5) is 17.5. The molecule has 29 heavy (non-hydrogen) atoms. The van der Waals surface area contributed by atoms with Gasteiger partial charge in [-0.2, -0.15) is 5.10 Å². The van der Waals surface area contributed by atoms with Crippen LogP contribution in [0.1, 0.15) is 17.6 Å². The van der Waals surface area contributed by atoms with Gasteiger partial charge in [-0.15, -0.1) is 11.3 Å². The minimum absolute atomic E-state index is 0.0343. The minimum atomic E-state index is -3.70. The molecule has 0 aliphatic heterocycles. The Morgan fingerprint density at radius 2 is 1.86 bits per heavy atom. The third kappa shape index (κ3) is 5.08. The molecule has 0 saturated carbocycles. The van der Waals surface area contributed by atoms with E-state index >= 15 is 0 Å². The van der Waals surface area contributed by atoms with Crippen molar-refractivity contribution < 1.29 is 13.2 Å². The summed E-state index contributed by atoms with van der Waals surface area (Å²) in [6.45, 7) is 6.31. The average molecular weight is 435 g/mol. The van der Waals surface area contributed by atoms with Gasteiger partial charge in [0.05, 0.1) is 33.6 Å². The number of aryl methyl sites for hydroxylation is 2. The van der Waals surface area contributed by atoms with Crippen LogP contribution in [-0.2, 0) is 16.6 Å². The molecule has 0 radical (unpaired) electrons. The fourth-order valence-corrected chi connectivity index (χ4v) is 4.66. The van der Waals surface area contributed by atoms with E-state index in [0.717, 1.165) is 15.6 Å². The molecular formula is C19H22N4O4S2. The fourth-order valence-electron chi connectivity index (χ4n) is 2.75. The monoisotopic (exact) mass is 434 g/mol. The maximum absolute atomic E-state index is 12.4. The first-order chi connectivity index (χ1) is 13.8. The van der Waals surface area contributed by atoms with E-state index in [0.29, 0.717) is 18.1 Å². The predicted octanol–water partition coefficient (Wildman–Crippen LogP) is 2.36. The molecule has 0 saturated heterocycles. The Labute approximate surface area is 173 Å². The number of ether oxygens (including phenoxy) is 1. The van der Waals surface area contributed by atoms with Gasteiger partial charge < -0.3 is 4.74 Å². The van der Waals surface area contributed by atoms with Crippen molar-refractivity contribution in [2.24, 2.45) is 0 Å². The quantitative estimate of drug-likeness (QED) is 0.584. The maximum Gasteiger partial charge on any atom is 0.266 e. The summed E-state index contributed by atoms with van der Waals surface area (Å²) in [5, 5.41) is 5.28. The first kappa shape index (κ1) is 21.2. The lowest BCUT2D eigenvalue weighted by Crippen LogP contribution is -2.32. The van der Waals surface area contributed by atoms with Gasteiger partial charge in [0, 0.05) is 12.6 Å². The number of benzene rings is 1. The van der Waals surface area contributed by atoms with Gasteiger partial charge in [0.25, 0.3) is 5.56 Å². The second-order valence-corrected chi connectivity index (χ2v) is 9.20. The Morgan fingerprint density at radius 3 is 2.48 bits per heavy atom. The molecule has 1 N–H and O–H groups in total. The van der Waals surface area contributed by atoms with Crippen LogP contribution < -0.4 is 15.0 Å². The molecule has 8 nitrogen and oxygen atoms in total. The molecule has 0 fully saturated rings. The van der Waals surface area contributed by atoms with Gasteiger partial charge >= 0.3 is 0 Å². The highest BCUT2D eigenvalue weighted by Crippen LogP contribution is 2.27. The number of hydrogen-bond donors (Lipinski definition) is 1. The van der Waals surface area contributed by atoms with Crippen molar-refractivity contribution in [3.05, 3.63) is 57.5 Å². The van der Waals surface area contributed by atoms with Gasteiger partial charge in [-0.1, -0.05) is 0 Å². The van der Waals surface area contributed by atoms with Crippen molar-refractivity contribution in [2.75, 3.05) is 13.2 Å². The van der Waals surface area contributed by atoms with Crippen LogP contribution in [0.2, 0.25) is 0 Å². The Bertz CT molecular complexity index is 1150. The minimum Gasteiger partial charge on any atom is -0.494 e. The number of aromatic nitrogens is 3. The molecule has 0 bridgehead atoms. The number of sulfonamides is 1. The van der Waals surface area contributed by atoms with Crippen molar-refractivity contribution >= 4 is 21.4 Å². The van der Waals surface area contributed by atoms with E-state index < -0.39 is 10.0 Å². The van der Waals surface area contributed by atoms with E-state index in [1.54, 1.807) is 18.2 Å². The third-order valence-electron chi connectivity index (χ3n) is 4.06. The van der Waals surface area contributed by atoms with E-state index in [9.17, 15) is 13.2 Å². The summed E-state index contributed by atoms with van der Waals surface area (Å²) in [5.41, 5.74) is 1.19. The number of hydrogen-bond acceptors (Lipinski definition) is 7. The van der Waals surface area contributed by atoms with Crippen LogP contribution in [0, 0.1) is 13.8 Å². The second-order valence-electron chi connectivity index (χ2n) is 6.23. The molecule has 2 heterocycles. The number of thiazole rings is 1. The molecule has 3 aromatic rings. The highest BCUT2D eigenvalue weighted by atomic mass is 32.2. The van der Waals surface area contributed by atoms with Crippen LogP contribution in [0.5, 0.6) is 5.75 Å². The van der Waals surface area contributed by atoms with Crippen LogP contribution in [-0.4, -0.2) is 36.3 Å². The molecule has 154 valence electrons. The largest absolute Gasteiger partial charge is 0.494 e. The molecule has 1 aromatic carbocycles. The molecule has 0 amide bonds. The van der Waals surface area contributed by atoms with Crippen LogP contribution in [0.15, 0.2) is 46.1 Å². The predicted molar refractivity (Wildman–Crippen MR) is 112 cm³/mol. The zero-order valence-corrected chi connectivity index (χ0v) is 18.0. The Morgan fingerprint density at radius 1 is 1.14 bits per heavy atom. The lowest BCUT2D eigenvalue weighted by molar-refractivity contribution is 0.340. The summed E-state index contributed by atoms with van der Waals surface area (Å²) in [6, 6.07) is 9.25. The molecule has 3 rings (SSSR count). The Balaban J connectivity index is 1.70. The normalized spacial score (nSPS) is 11.6. The first-order valence-corrected chi connectivity index (χ1v) is 11.3. The molecular weight excluding hydrogens is 412 g/mol. The van der Waals surface area contributed by atoms with Crippen molar-refractivity contribution in [3.8, 4) is 16.3 Å². The van der Waals surface area contributed by atoms with Gasteiger partial charge in [0.1, 0.15) is 11.4 Å². The molecule has 0 aliphatic rings. The second kappa shape index (κ2) is 8.85. The van der Waals surface area contributed by atoms with Crippen molar-refractivity contribution in [1.29, 1.82) is 0 Å². The standard InChI is InChI=1S/C19H22N4O4S2/c1-4-27-15-5-7-16(8-6-15)29(25,26)20-11-12-23-18(24)10-9-17(22-23)19-13(2)21-14(3)28-19/h5-10,20H,4,11-12H2,1-3H3. The Hall–Kier alpha value is -2.56. The molecule has 0 aliphatic carbocycles. The molecule has 10 heteroatoms. The van der Waals surface area contributed by atoms with Crippen LogP contribution in [0.4, 0.5) is 0 Å². The summed E-state index contributed by atoms with van der Waals surface area (Å²) in [6.07, 6.45) is 0. The van der Waals surface area contributed by atoms with E-state index in [-0.39, 0.29) is 23.5 Å². The van der Waals surface area contributed by atoms with Gasteiger partial charge in [0.15, 0.2) is 0 Å². The molecule has 0 unspecified atom stereocenters. The zero-order valence-electron chi connectivity index (χ0n) is 16.4. The average Bonchev–Trinajstić information content (AvgIpc) is 3.02. The first-order valence-electron chi connectivity index (χ1n) is 9.05. The number of nitrogens with one attached hydrogen (secondary N) is 1. The summed E-state index contributed by atoms with van der Waals surface area (Å²) < 4.78 is 34.0. The molecule has 0 atom stereocenters. The van der Waals surface area contributed by atoms with Gasteiger partial charge in [-0.25, -0.2) is 22.8 Å². The lowest BCUT2D eigenvalue weighted by atomic mass is 10.3. The van der Waals surface area contributed by atoms with Crippen molar-refractivity contribution in [3.63, 3.8) is 0 Å². The number of rotatable bonds is 8.